The molecule has 2 rings (SSSR count). The molecule has 0 aliphatic carbocycles. The van der Waals surface area contributed by atoms with Gasteiger partial charge in [-0.05, 0) is 31.5 Å². The first-order valence-electron chi connectivity index (χ1n) is 7.19. The van der Waals surface area contributed by atoms with Gasteiger partial charge in [0.2, 0.25) is 5.91 Å². The van der Waals surface area contributed by atoms with Crippen LogP contribution in [0.5, 0.6) is 0 Å². The van der Waals surface area contributed by atoms with E-state index in [-0.39, 0.29) is 11.8 Å². The number of benzene rings is 1. The van der Waals surface area contributed by atoms with Gasteiger partial charge in [-0.15, -0.1) is 0 Å². The molecule has 1 aliphatic heterocycles. The zero-order valence-electron chi connectivity index (χ0n) is 11.8. The molecule has 6 nitrogen and oxygen atoms in total. The van der Waals surface area contributed by atoms with Crippen molar-refractivity contribution in [3.63, 3.8) is 0 Å². The van der Waals surface area contributed by atoms with E-state index < -0.39 is 12.0 Å². The number of piperidine rings is 1. The fourth-order valence-corrected chi connectivity index (χ4v) is 2.39. The van der Waals surface area contributed by atoms with E-state index in [1.54, 1.807) is 0 Å². The maximum atomic E-state index is 12.0. The van der Waals surface area contributed by atoms with Crippen molar-refractivity contribution in [3.05, 3.63) is 35.9 Å². The number of hydrogen-bond donors (Lipinski definition) is 4. The van der Waals surface area contributed by atoms with E-state index >= 15 is 0 Å². The molecule has 6 heteroatoms. The molecule has 4 N–H and O–H groups in total. The maximum Gasteiger partial charge on any atom is 0.322 e. The largest absolute Gasteiger partial charge is 0.480 e. The molecule has 21 heavy (non-hydrogen) atoms. The monoisotopic (exact) mass is 291 g/mol. The molecule has 1 unspecified atom stereocenters. The normalized spacial score (nSPS) is 17.1. The third kappa shape index (κ3) is 4.84. The van der Waals surface area contributed by atoms with Gasteiger partial charge in [0, 0.05) is 12.3 Å². The Kier molecular flexibility index (Phi) is 5.71. The minimum absolute atomic E-state index is 0.0510. The third-order valence-corrected chi connectivity index (χ3v) is 3.66. The van der Waals surface area contributed by atoms with Crippen molar-refractivity contribution in [1.29, 1.82) is 0 Å². The Hall–Kier alpha value is -1.92. The van der Waals surface area contributed by atoms with Gasteiger partial charge >= 0.3 is 5.97 Å². The molecule has 1 amide bonds. The van der Waals surface area contributed by atoms with E-state index in [4.69, 9.17) is 0 Å². The molecule has 1 aromatic carbocycles. The summed E-state index contributed by atoms with van der Waals surface area (Å²) in [6.07, 6.45) is 1.89. The van der Waals surface area contributed by atoms with Gasteiger partial charge in [0.15, 0.2) is 0 Å². The molecule has 0 saturated carbocycles. The lowest BCUT2D eigenvalue weighted by molar-refractivity contribution is -0.140. The van der Waals surface area contributed by atoms with Crippen LogP contribution < -0.4 is 16.2 Å². The highest BCUT2D eigenvalue weighted by molar-refractivity contribution is 5.79. The van der Waals surface area contributed by atoms with Crippen LogP contribution in [0.2, 0.25) is 0 Å². The van der Waals surface area contributed by atoms with Crippen molar-refractivity contribution in [2.45, 2.75) is 25.3 Å². The third-order valence-electron chi connectivity index (χ3n) is 3.66. The molecule has 1 atom stereocenters. The van der Waals surface area contributed by atoms with E-state index in [2.05, 4.69) is 16.2 Å². The standard InChI is InChI=1S/C15H21N3O3/c19-14(12-6-8-16-9-7-12)18-17-13(15(20)21)10-11-4-2-1-3-5-11/h1-5,12-13,16-17H,6-10H2,(H,18,19)(H,20,21). The molecule has 0 bridgehead atoms. The van der Waals surface area contributed by atoms with Crippen LogP contribution in [0.3, 0.4) is 0 Å². The van der Waals surface area contributed by atoms with E-state index in [1.165, 1.54) is 0 Å². The van der Waals surface area contributed by atoms with E-state index in [1.807, 2.05) is 30.3 Å². The van der Waals surface area contributed by atoms with Crippen LogP contribution in [-0.4, -0.2) is 36.1 Å². The van der Waals surface area contributed by atoms with Crippen LogP contribution in [0, 0.1) is 5.92 Å². The first-order valence-corrected chi connectivity index (χ1v) is 7.19. The van der Waals surface area contributed by atoms with Crippen molar-refractivity contribution in [2.24, 2.45) is 5.92 Å². The predicted molar refractivity (Wildman–Crippen MR) is 78.4 cm³/mol. The fourth-order valence-electron chi connectivity index (χ4n) is 2.39. The lowest BCUT2D eigenvalue weighted by Crippen LogP contribution is -2.51. The lowest BCUT2D eigenvalue weighted by atomic mass is 9.98. The second kappa shape index (κ2) is 7.75. The van der Waals surface area contributed by atoms with Crippen LogP contribution in [0.25, 0.3) is 0 Å². The molecule has 0 radical (unpaired) electrons. The van der Waals surface area contributed by atoms with Gasteiger partial charge in [-0.3, -0.25) is 15.0 Å². The van der Waals surface area contributed by atoms with Crippen LogP contribution >= 0.6 is 0 Å². The van der Waals surface area contributed by atoms with Crippen molar-refractivity contribution in [3.8, 4) is 0 Å². The summed E-state index contributed by atoms with van der Waals surface area (Å²) in [5, 5.41) is 12.4. The first kappa shape index (κ1) is 15.5. The smallest absolute Gasteiger partial charge is 0.322 e. The predicted octanol–water partition coefficient (Wildman–Crippen LogP) is 0.303. The average molecular weight is 291 g/mol. The number of rotatable bonds is 6. The molecule has 0 spiro atoms. The number of amides is 1. The highest BCUT2D eigenvalue weighted by Gasteiger charge is 2.23. The Bertz CT molecular complexity index is 472. The Morgan fingerprint density at radius 2 is 1.90 bits per heavy atom. The Morgan fingerprint density at radius 3 is 2.52 bits per heavy atom. The van der Waals surface area contributed by atoms with Gasteiger partial charge in [0.25, 0.3) is 0 Å². The van der Waals surface area contributed by atoms with Crippen molar-refractivity contribution in [2.75, 3.05) is 13.1 Å². The van der Waals surface area contributed by atoms with Gasteiger partial charge in [-0.2, -0.15) is 0 Å². The summed E-state index contributed by atoms with van der Waals surface area (Å²) in [6.45, 7) is 1.65. The Labute approximate surface area is 123 Å². The number of carbonyl (C=O) groups is 2. The molecular formula is C15H21N3O3. The zero-order valence-corrected chi connectivity index (χ0v) is 11.8. The number of carbonyl (C=O) groups excluding carboxylic acids is 1. The summed E-state index contributed by atoms with van der Waals surface area (Å²) >= 11 is 0. The summed E-state index contributed by atoms with van der Waals surface area (Å²) < 4.78 is 0. The molecule has 1 heterocycles. The molecule has 1 saturated heterocycles. The molecule has 1 aliphatic rings. The van der Waals surface area contributed by atoms with Crippen molar-refractivity contribution < 1.29 is 14.7 Å². The highest BCUT2D eigenvalue weighted by Crippen LogP contribution is 2.11. The lowest BCUT2D eigenvalue weighted by Gasteiger charge is -2.23. The summed E-state index contributed by atoms with van der Waals surface area (Å²) in [5.41, 5.74) is 6.11. The second-order valence-corrected chi connectivity index (χ2v) is 5.24. The van der Waals surface area contributed by atoms with Gasteiger partial charge in [0.1, 0.15) is 6.04 Å². The van der Waals surface area contributed by atoms with E-state index in [9.17, 15) is 14.7 Å². The molecule has 1 fully saturated rings. The van der Waals surface area contributed by atoms with Crippen LogP contribution in [0.1, 0.15) is 18.4 Å². The van der Waals surface area contributed by atoms with Gasteiger partial charge in [-0.1, -0.05) is 30.3 Å². The summed E-state index contributed by atoms with van der Waals surface area (Å²) in [7, 11) is 0. The number of aliphatic carboxylic acids is 1. The van der Waals surface area contributed by atoms with Gasteiger partial charge < -0.3 is 10.4 Å². The van der Waals surface area contributed by atoms with Crippen molar-refractivity contribution in [1.82, 2.24) is 16.2 Å². The summed E-state index contributed by atoms with van der Waals surface area (Å²) in [4.78, 5) is 23.3. The minimum Gasteiger partial charge on any atom is -0.480 e. The molecule has 1 aromatic rings. The second-order valence-electron chi connectivity index (χ2n) is 5.24. The zero-order chi connectivity index (χ0) is 15.1. The first-order chi connectivity index (χ1) is 10.2. The molecular weight excluding hydrogens is 270 g/mol. The number of carboxylic acids is 1. The number of carboxylic acid groups (broad SMARTS) is 1. The summed E-state index contributed by atoms with van der Waals surface area (Å²) in [6, 6.07) is 8.51. The van der Waals surface area contributed by atoms with E-state index in [0.717, 1.165) is 31.5 Å². The number of hydrazine groups is 1. The van der Waals surface area contributed by atoms with E-state index in [0.29, 0.717) is 6.42 Å². The molecule has 114 valence electrons. The molecule has 0 aromatic heterocycles. The van der Waals surface area contributed by atoms with Crippen LogP contribution in [-0.2, 0) is 16.0 Å². The maximum absolute atomic E-state index is 12.0. The summed E-state index contributed by atoms with van der Waals surface area (Å²) in [5.74, 6) is -1.16. The van der Waals surface area contributed by atoms with Gasteiger partial charge in [0.05, 0.1) is 0 Å². The minimum atomic E-state index is -0.982. The number of nitrogens with one attached hydrogen (secondary N) is 3. The topological polar surface area (TPSA) is 90.5 Å². The Balaban J connectivity index is 1.85. The quantitative estimate of drug-likeness (QED) is 0.566. The SMILES string of the molecule is O=C(NNC(Cc1ccccc1)C(=O)O)C1CCNCC1. The van der Waals surface area contributed by atoms with Crippen LogP contribution in [0.4, 0.5) is 0 Å². The van der Waals surface area contributed by atoms with Crippen LogP contribution in [0.15, 0.2) is 30.3 Å². The Morgan fingerprint density at radius 1 is 1.24 bits per heavy atom. The fraction of sp³-hybridized carbons (Fsp3) is 0.467. The number of hydrogen-bond acceptors (Lipinski definition) is 4. The average Bonchev–Trinajstić information content (AvgIpc) is 2.52. The highest BCUT2D eigenvalue weighted by atomic mass is 16.4. The van der Waals surface area contributed by atoms with Gasteiger partial charge in [-0.25, -0.2) is 5.43 Å². The van der Waals surface area contributed by atoms with Crippen molar-refractivity contribution >= 4 is 11.9 Å².